The monoisotopic (exact) mass is 332 g/mol. The van der Waals surface area contributed by atoms with Crippen molar-refractivity contribution in [1.29, 1.82) is 5.26 Å². The van der Waals surface area contributed by atoms with Crippen molar-refractivity contribution in [2.45, 2.75) is 20.3 Å². The van der Waals surface area contributed by atoms with Crippen LogP contribution < -0.4 is 10.6 Å². The fraction of sp³-hybridized carbons (Fsp3) is 0.375. The maximum Gasteiger partial charge on any atom is 0.409 e. The second-order valence-electron chi connectivity index (χ2n) is 5.47. The van der Waals surface area contributed by atoms with Crippen molar-refractivity contribution < 1.29 is 19.5 Å². The van der Waals surface area contributed by atoms with Crippen molar-refractivity contribution in [3.8, 4) is 6.07 Å². The number of benzene rings is 1. The van der Waals surface area contributed by atoms with Crippen LogP contribution in [0.25, 0.3) is 0 Å². The fourth-order valence-electron chi connectivity index (χ4n) is 1.90. The van der Waals surface area contributed by atoms with E-state index >= 15 is 0 Å². The minimum atomic E-state index is -1.25. The van der Waals surface area contributed by atoms with Crippen molar-refractivity contribution in [2.24, 2.45) is 5.92 Å². The molecule has 128 valence electrons. The number of carboxylic acid groups (broad SMARTS) is 1. The average molecular weight is 332 g/mol. The number of nitriles is 1. The molecule has 0 radical (unpaired) electrons. The summed E-state index contributed by atoms with van der Waals surface area (Å²) < 4.78 is 0. The predicted molar refractivity (Wildman–Crippen MR) is 87.6 cm³/mol. The van der Waals surface area contributed by atoms with Gasteiger partial charge in [-0.25, -0.2) is 9.59 Å². The van der Waals surface area contributed by atoms with Gasteiger partial charge >= 0.3 is 12.1 Å². The Balaban J connectivity index is 2.99. The quantitative estimate of drug-likeness (QED) is 0.691. The van der Waals surface area contributed by atoms with Gasteiger partial charge in [0.25, 0.3) is 5.91 Å². The van der Waals surface area contributed by atoms with Gasteiger partial charge < -0.3 is 10.4 Å². The molecule has 0 saturated heterocycles. The minimum Gasteiger partial charge on any atom is -0.465 e. The molecule has 3 N–H and O–H groups in total. The second kappa shape index (κ2) is 9.15. The molecule has 0 atom stereocenters. The standard InChI is InChI=1S/C16H20N4O4/c1-11(2)6-9-20(15(22)18-8-7-17)14(21)12-4-3-5-13(10-12)19-16(23)24/h3-5,10-11,19H,6,8-9H2,1-2H3,(H,18,22)(H,23,24). The Kier molecular flexibility index (Phi) is 7.23. The van der Waals surface area contributed by atoms with Gasteiger partial charge in [0.1, 0.15) is 6.54 Å². The number of carbonyl (C=O) groups is 3. The zero-order valence-corrected chi connectivity index (χ0v) is 13.6. The number of anilines is 1. The molecule has 0 heterocycles. The first-order valence-corrected chi connectivity index (χ1v) is 7.41. The molecule has 1 aromatic carbocycles. The lowest BCUT2D eigenvalue weighted by atomic mass is 10.1. The van der Waals surface area contributed by atoms with E-state index in [0.717, 1.165) is 4.90 Å². The Morgan fingerprint density at radius 2 is 2.04 bits per heavy atom. The van der Waals surface area contributed by atoms with Crippen LogP contribution in [0.3, 0.4) is 0 Å². The molecule has 0 aliphatic carbocycles. The van der Waals surface area contributed by atoms with E-state index in [1.54, 1.807) is 6.07 Å². The molecule has 0 aliphatic heterocycles. The Morgan fingerprint density at radius 3 is 2.62 bits per heavy atom. The van der Waals surface area contributed by atoms with Crippen LogP contribution >= 0.6 is 0 Å². The molecule has 4 amide bonds. The van der Waals surface area contributed by atoms with Crippen LogP contribution in [0.1, 0.15) is 30.6 Å². The predicted octanol–water partition coefficient (Wildman–Crippen LogP) is 2.50. The van der Waals surface area contributed by atoms with Crippen LogP contribution in [-0.2, 0) is 0 Å². The number of hydrogen-bond donors (Lipinski definition) is 3. The largest absolute Gasteiger partial charge is 0.465 e. The Bertz CT molecular complexity index is 652. The van der Waals surface area contributed by atoms with Crippen LogP contribution in [0.15, 0.2) is 24.3 Å². The summed E-state index contributed by atoms with van der Waals surface area (Å²) in [5.74, 6) is -0.274. The first kappa shape index (κ1) is 19.0. The topological polar surface area (TPSA) is 123 Å². The van der Waals surface area contributed by atoms with Gasteiger partial charge in [-0.2, -0.15) is 5.26 Å². The highest BCUT2D eigenvalue weighted by Gasteiger charge is 2.23. The smallest absolute Gasteiger partial charge is 0.409 e. The molecular weight excluding hydrogens is 312 g/mol. The first-order valence-electron chi connectivity index (χ1n) is 7.41. The van der Waals surface area contributed by atoms with E-state index in [1.807, 2.05) is 13.8 Å². The lowest BCUT2D eigenvalue weighted by molar-refractivity contribution is 0.0795. The van der Waals surface area contributed by atoms with Crippen LogP contribution in [-0.4, -0.2) is 41.1 Å². The number of nitrogens with zero attached hydrogens (tertiary/aromatic N) is 2. The highest BCUT2D eigenvalue weighted by atomic mass is 16.4. The van der Waals surface area contributed by atoms with Gasteiger partial charge in [0.05, 0.1) is 6.07 Å². The van der Waals surface area contributed by atoms with Crippen molar-refractivity contribution in [3.63, 3.8) is 0 Å². The summed E-state index contributed by atoms with van der Waals surface area (Å²) in [4.78, 5) is 36.4. The molecule has 0 saturated carbocycles. The van der Waals surface area contributed by atoms with E-state index < -0.39 is 18.0 Å². The van der Waals surface area contributed by atoms with Crippen LogP contribution in [0, 0.1) is 17.2 Å². The molecule has 0 aromatic heterocycles. The van der Waals surface area contributed by atoms with E-state index in [-0.39, 0.29) is 30.3 Å². The zero-order valence-electron chi connectivity index (χ0n) is 13.6. The summed E-state index contributed by atoms with van der Waals surface area (Å²) in [5, 5.41) is 21.8. The molecule has 8 heteroatoms. The number of imide groups is 1. The minimum absolute atomic E-state index is 0.178. The summed E-state index contributed by atoms with van der Waals surface area (Å²) in [6, 6.07) is 7.00. The summed E-state index contributed by atoms with van der Waals surface area (Å²) in [6.07, 6.45) is -0.637. The molecule has 24 heavy (non-hydrogen) atoms. The number of carbonyl (C=O) groups excluding carboxylic acids is 2. The number of rotatable bonds is 6. The molecule has 0 unspecified atom stereocenters. The van der Waals surface area contributed by atoms with Gasteiger partial charge in [-0.15, -0.1) is 0 Å². The summed E-state index contributed by atoms with van der Waals surface area (Å²) >= 11 is 0. The van der Waals surface area contributed by atoms with Gasteiger partial charge in [0.2, 0.25) is 0 Å². The fourth-order valence-corrected chi connectivity index (χ4v) is 1.90. The van der Waals surface area contributed by atoms with Gasteiger partial charge in [-0.3, -0.25) is 15.0 Å². The van der Waals surface area contributed by atoms with Gasteiger partial charge in [0, 0.05) is 17.8 Å². The summed E-state index contributed by atoms with van der Waals surface area (Å²) in [5.41, 5.74) is 0.409. The van der Waals surface area contributed by atoms with Crippen molar-refractivity contribution >= 4 is 23.7 Å². The van der Waals surface area contributed by atoms with E-state index in [0.29, 0.717) is 6.42 Å². The molecular formula is C16H20N4O4. The lowest BCUT2D eigenvalue weighted by Gasteiger charge is -2.22. The molecule has 8 nitrogen and oxygen atoms in total. The maximum atomic E-state index is 12.6. The molecule has 0 aliphatic rings. The third-order valence-electron chi connectivity index (χ3n) is 3.10. The van der Waals surface area contributed by atoms with Gasteiger partial charge in [0.15, 0.2) is 0 Å². The highest BCUT2D eigenvalue weighted by Crippen LogP contribution is 2.14. The molecule has 1 aromatic rings. The van der Waals surface area contributed by atoms with Crippen LogP contribution in [0.5, 0.6) is 0 Å². The van der Waals surface area contributed by atoms with E-state index in [2.05, 4.69) is 10.6 Å². The van der Waals surface area contributed by atoms with Gasteiger partial charge in [-0.1, -0.05) is 19.9 Å². The Hall–Kier alpha value is -3.08. The Labute approximate surface area is 140 Å². The first-order chi connectivity index (χ1) is 11.3. The van der Waals surface area contributed by atoms with E-state index in [9.17, 15) is 14.4 Å². The van der Waals surface area contributed by atoms with Crippen LogP contribution in [0.2, 0.25) is 0 Å². The summed E-state index contributed by atoms with van der Waals surface area (Å²) in [7, 11) is 0. The normalized spacial score (nSPS) is 9.92. The van der Waals surface area contributed by atoms with E-state index in [4.69, 9.17) is 10.4 Å². The van der Waals surface area contributed by atoms with Gasteiger partial charge in [-0.05, 0) is 30.5 Å². The number of hydrogen-bond acceptors (Lipinski definition) is 4. The molecule has 0 spiro atoms. The number of amides is 4. The third-order valence-corrected chi connectivity index (χ3v) is 3.10. The Morgan fingerprint density at radius 1 is 1.33 bits per heavy atom. The SMILES string of the molecule is CC(C)CCN(C(=O)NCC#N)C(=O)c1cccc(NC(=O)O)c1. The van der Waals surface area contributed by atoms with Crippen molar-refractivity contribution in [2.75, 3.05) is 18.4 Å². The molecule has 0 bridgehead atoms. The lowest BCUT2D eigenvalue weighted by Crippen LogP contribution is -2.44. The highest BCUT2D eigenvalue weighted by molar-refractivity contribution is 6.05. The molecule has 1 rings (SSSR count). The van der Waals surface area contributed by atoms with Crippen molar-refractivity contribution in [1.82, 2.24) is 10.2 Å². The zero-order chi connectivity index (χ0) is 18.1. The number of urea groups is 1. The molecule has 0 fully saturated rings. The van der Waals surface area contributed by atoms with Crippen LogP contribution in [0.4, 0.5) is 15.3 Å². The summed E-state index contributed by atoms with van der Waals surface area (Å²) in [6.45, 7) is 3.93. The average Bonchev–Trinajstić information content (AvgIpc) is 2.52. The number of nitrogens with one attached hydrogen (secondary N) is 2. The maximum absolute atomic E-state index is 12.6. The second-order valence-corrected chi connectivity index (χ2v) is 5.47. The third kappa shape index (κ3) is 5.96. The van der Waals surface area contributed by atoms with Crippen molar-refractivity contribution in [3.05, 3.63) is 29.8 Å². The van der Waals surface area contributed by atoms with E-state index in [1.165, 1.54) is 24.3 Å².